The molecule has 0 unspecified atom stereocenters. The van der Waals surface area contributed by atoms with Gasteiger partial charge in [-0.05, 0) is 49.4 Å². The topological polar surface area (TPSA) is 47.6 Å². The lowest BCUT2D eigenvalue weighted by Gasteiger charge is -2.33. The third-order valence-electron chi connectivity index (χ3n) is 3.99. The molecule has 1 atom stereocenters. The molecule has 0 bridgehead atoms. The summed E-state index contributed by atoms with van der Waals surface area (Å²) in [7, 11) is 0. The molecule has 0 radical (unpaired) electrons. The number of carbonyl (C=O) groups is 1. The largest absolute Gasteiger partial charge is 0.489 e. The summed E-state index contributed by atoms with van der Waals surface area (Å²) < 4.78 is 11.3. The number of hydrogen-bond acceptors (Lipinski definition) is 3. The maximum absolute atomic E-state index is 12.3. The second-order valence-electron chi connectivity index (χ2n) is 8.79. The van der Waals surface area contributed by atoms with E-state index in [1.54, 1.807) is 0 Å². The third kappa shape index (κ3) is 6.97. The SMILES string of the molecule is CC(C)(C)OC(=O)N[C@H](c1ccc(OCc2ccccc2)cc1)C(C)(C)C. The van der Waals surface area contributed by atoms with Crippen LogP contribution in [0.2, 0.25) is 0 Å². The van der Waals surface area contributed by atoms with E-state index in [9.17, 15) is 4.79 Å². The Hall–Kier alpha value is -2.49. The Morgan fingerprint density at radius 2 is 1.52 bits per heavy atom. The molecule has 0 aliphatic carbocycles. The van der Waals surface area contributed by atoms with Crippen LogP contribution in [0.3, 0.4) is 0 Å². The summed E-state index contributed by atoms with van der Waals surface area (Å²) in [6, 6.07) is 17.8. The zero-order valence-electron chi connectivity index (χ0n) is 17.2. The van der Waals surface area contributed by atoms with E-state index < -0.39 is 11.7 Å². The van der Waals surface area contributed by atoms with E-state index in [0.29, 0.717) is 6.61 Å². The van der Waals surface area contributed by atoms with Crippen LogP contribution < -0.4 is 10.1 Å². The molecule has 0 saturated heterocycles. The molecule has 4 heteroatoms. The van der Waals surface area contributed by atoms with Gasteiger partial charge in [0.1, 0.15) is 18.0 Å². The summed E-state index contributed by atoms with van der Waals surface area (Å²) in [6.07, 6.45) is -0.410. The van der Waals surface area contributed by atoms with Crippen molar-refractivity contribution in [1.82, 2.24) is 5.32 Å². The Bertz CT molecular complexity index is 725. The maximum Gasteiger partial charge on any atom is 0.408 e. The number of hydrogen-bond donors (Lipinski definition) is 1. The number of carbonyl (C=O) groups excluding carboxylic acids is 1. The predicted molar refractivity (Wildman–Crippen MR) is 109 cm³/mol. The summed E-state index contributed by atoms with van der Waals surface area (Å²) in [5, 5.41) is 3.01. The smallest absolute Gasteiger partial charge is 0.408 e. The van der Waals surface area contributed by atoms with Crippen LogP contribution in [-0.2, 0) is 11.3 Å². The first-order valence-corrected chi connectivity index (χ1v) is 9.31. The zero-order chi connectivity index (χ0) is 20.1. The average molecular weight is 370 g/mol. The molecule has 2 aromatic rings. The van der Waals surface area contributed by atoms with Gasteiger partial charge in [0.2, 0.25) is 0 Å². The van der Waals surface area contributed by atoms with Gasteiger partial charge >= 0.3 is 6.09 Å². The third-order valence-corrected chi connectivity index (χ3v) is 3.99. The van der Waals surface area contributed by atoms with Gasteiger partial charge in [-0.3, -0.25) is 0 Å². The minimum absolute atomic E-state index is 0.163. The Morgan fingerprint density at radius 1 is 0.926 bits per heavy atom. The van der Waals surface area contributed by atoms with Gasteiger partial charge in [-0.25, -0.2) is 4.79 Å². The second kappa shape index (κ2) is 8.47. The molecular formula is C23H31NO3. The van der Waals surface area contributed by atoms with Gasteiger partial charge in [0.05, 0.1) is 6.04 Å². The number of nitrogens with one attached hydrogen (secondary N) is 1. The number of rotatable bonds is 5. The molecule has 146 valence electrons. The Labute approximate surface area is 162 Å². The fraction of sp³-hybridized carbons (Fsp3) is 0.435. The van der Waals surface area contributed by atoms with Crippen LogP contribution in [0, 0.1) is 5.41 Å². The first-order chi connectivity index (χ1) is 12.5. The maximum atomic E-state index is 12.3. The quantitative estimate of drug-likeness (QED) is 0.716. The van der Waals surface area contributed by atoms with Gasteiger partial charge in [0.15, 0.2) is 0 Å². The number of amides is 1. The monoisotopic (exact) mass is 369 g/mol. The Morgan fingerprint density at radius 3 is 2.04 bits per heavy atom. The van der Waals surface area contributed by atoms with E-state index >= 15 is 0 Å². The second-order valence-corrected chi connectivity index (χ2v) is 8.79. The molecule has 2 aromatic carbocycles. The van der Waals surface area contributed by atoms with Crippen molar-refractivity contribution in [1.29, 1.82) is 0 Å². The molecule has 2 rings (SSSR count). The first kappa shape index (κ1) is 20.8. The number of alkyl carbamates (subject to hydrolysis) is 1. The first-order valence-electron chi connectivity index (χ1n) is 9.31. The van der Waals surface area contributed by atoms with Crippen LogP contribution in [0.5, 0.6) is 5.75 Å². The van der Waals surface area contributed by atoms with Gasteiger partial charge in [-0.1, -0.05) is 63.2 Å². The predicted octanol–water partition coefficient (Wildman–Crippen LogP) is 5.88. The zero-order valence-corrected chi connectivity index (χ0v) is 17.2. The molecule has 1 amide bonds. The van der Waals surface area contributed by atoms with E-state index in [1.165, 1.54) is 0 Å². The van der Waals surface area contributed by atoms with Crippen LogP contribution in [0.25, 0.3) is 0 Å². The van der Waals surface area contributed by atoms with Gasteiger partial charge in [-0.2, -0.15) is 0 Å². The number of benzene rings is 2. The molecule has 27 heavy (non-hydrogen) atoms. The molecule has 0 aliphatic rings. The van der Waals surface area contributed by atoms with Crippen molar-refractivity contribution in [2.24, 2.45) is 5.41 Å². The molecule has 0 spiro atoms. The summed E-state index contributed by atoms with van der Waals surface area (Å²) in [5.41, 5.74) is 1.45. The van der Waals surface area contributed by atoms with Crippen molar-refractivity contribution >= 4 is 6.09 Å². The van der Waals surface area contributed by atoms with Crippen molar-refractivity contribution in [2.45, 2.75) is 59.8 Å². The van der Waals surface area contributed by atoms with E-state index in [0.717, 1.165) is 16.9 Å². The van der Waals surface area contributed by atoms with Crippen LogP contribution in [0.15, 0.2) is 54.6 Å². The van der Waals surface area contributed by atoms with E-state index in [4.69, 9.17) is 9.47 Å². The van der Waals surface area contributed by atoms with Gasteiger partial charge in [0, 0.05) is 0 Å². The lowest BCUT2D eigenvalue weighted by Crippen LogP contribution is -2.40. The highest BCUT2D eigenvalue weighted by atomic mass is 16.6. The van der Waals surface area contributed by atoms with Crippen molar-refractivity contribution < 1.29 is 14.3 Å². The van der Waals surface area contributed by atoms with Crippen molar-refractivity contribution in [3.05, 3.63) is 65.7 Å². The highest BCUT2D eigenvalue weighted by molar-refractivity contribution is 5.68. The van der Waals surface area contributed by atoms with Crippen molar-refractivity contribution in [2.75, 3.05) is 0 Å². The summed E-state index contributed by atoms with van der Waals surface area (Å²) >= 11 is 0. The Kier molecular flexibility index (Phi) is 6.53. The lowest BCUT2D eigenvalue weighted by molar-refractivity contribution is 0.0462. The molecule has 0 aliphatic heterocycles. The van der Waals surface area contributed by atoms with Gasteiger partial charge in [-0.15, -0.1) is 0 Å². The molecule has 0 aromatic heterocycles. The van der Waals surface area contributed by atoms with E-state index in [2.05, 4.69) is 26.1 Å². The normalized spacial score (nSPS) is 13.0. The Balaban J connectivity index is 2.06. The van der Waals surface area contributed by atoms with E-state index in [-0.39, 0.29) is 11.5 Å². The molecule has 4 nitrogen and oxygen atoms in total. The number of ether oxygens (including phenoxy) is 2. The molecule has 0 heterocycles. The van der Waals surface area contributed by atoms with Crippen molar-refractivity contribution in [3.63, 3.8) is 0 Å². The van der Waals surface area contributed by atoms with Crippen LogP contribution in [0.1, 0.15) is 58.7 Å². The molecule has 0 saturated carbocycles. The van der Waals surface area contributed by atoms with Gasteiger partial charge < -0.3 is 14.8 Å². The minimum atomic E-state index is -0.526. The highest BCUT2D eigenvalue weighted by Gasteiger charge is 2.29. The van der Waals surface area contributed by atoms with E-state index in [1.807, 2.05) is 75.4 Å². The standard InChI is InChI=1S/C23H31NO3/c1-22(2,3)20(24-21(25)27-23(4,5)6)18-12-14-19(15-13-18)26-16-17-10-8-7-9-11-17/h7-15,20H,16H2,1-6H3,(H,24,25)/t20-/m1/s1. The summed E-state index contributed by atoms with van der Waals surface area (Å²) in [4.78, 5) is 12.3. The highest BCUT2D eigenvalue weighted by Crippen LogP contribution is 2.34. The van der Waals surface area contributed by atoms with Crippen LogP contribution >= 0.6 is 0 Å². The fourth-order valence-corrected chi connectivity index (χ4v) is 2.72. The summed E-state index contributed by atoms with van der Waals surface area (Å²) in [6.45, 7) is 12.4. The summed E-state index contributed by atoms with van der Waals surface area (Å²) in [5.74, 6) is 0.799. The van der Waals surface area contributed by atoms with Crippen LogP contribution in [0.4, 0.5) is 4.79 Å². The van der Waals surface area contributed by atoms with Crippen LogP contribution in [-0.4, -0.2) is 11.7 Å². The van der Waals surface area contributed by atoms with Crippen molar-refractivity contribution in [3.8, 4) is 5.75 Å². The molecule has 0 fully saturated rings. The molecule has 1 N–H and O–H groups in total. The fourth-order valence-electron chi connectivity index (χ4n) is 2.72. The lowest BCUT2D eigenvalue weighted by atomic mass is 9.82. The average Bonchev–Trinajstić information content (AvgIpc) is 2.57. The minimum Gasteiger partial charge on any atom is -0.489 e. The molecular weight excluding hydrogens is 338 g/mol. The van der Waals surface area contributed by atoms with Gasteiger partial charge in [0.25, 0.3) is 0 Å².